The van der Waals surface area contributed by atoms with Crippen LogP contribution in [0, 0.1) is 0 Å². The van der Waals surface area contributed by atoms with E-state index in [-0.39, 0.29) is 11.9 Å². The van der Waals surface area contributed by atoms with E-state index in [0.29, 0.717) is 6.42 Å². The third-order valence-corrected chi connectivity index (χ3v) is 4.02. The lowest BCUT2D eigenvalue weighted by Crippen LogP contribution is -2.50. The summed E-state index contributed by atoms with van der Waals surface area (Å²) in [7, 11) is 0. The summed E-state index contributed by atoms with van der Waals surface area (Å²) in [6, 6.07) is 8.13. The number of piperazine rings is 1. The molecule has 3 N–H and O–H groups in total. The van der Waals surface area contributed by atoms with Crippen molar-refractivity contribution in [2.75, 3.05) is 31.1 Å². The molecule has 0 spiro atoms. The van der Waals surface area contributed by atoms with Gasteiger partial charge in [0.25, 0.3) is 0 Å². The number of benzene rings is 1. The molecule has 1 aromatic carbocycles. The molecule has 1 saturated heterocycles. The number of carbonyl (C=O) groups is 1. The van der Waals surface area contributed by atoms with E-state index < -0.39 is 0 Å². The third kappa shape index (κ3) is 3.85. The molecule has 1 aliphatic heterocycles. The van der Waals surface area contributed by atoms with E-state index >= 15 is 0 Å². The molecule has 5 nitrogen and oxygen atoms in total. The van der Waals surface area contributed by atoms with Crippen molar-refractivity contribution in [1.82, 2.24) is 10.3 Å². The summed E-state index contributed by atoms with van der Waals surface area (Å²) in [6.07, 6.45) is 0.442. The van der Waals surface area contributed by atoms with Gasteiger partial charge in [0, 0.05) is 49.4 Å². The van der Waals surface area contributed by atoms with Gasteiger partial charge >= 0.3 is 0 Å². The normalized spacial score (nSPS) is 17.9. The molecular formula is C14H21ClN4O. The summed E-state index contributed by atoms with van der Waals surface area (Å²) in [6.45, 7) is 5.86. The van der Waals surface area contributed by atoms with Crippen LogP contribution in [-0.4, -0.2) is 43.0 Å². The van der Waals surface area contributed by atoms with Gasteiger partial charge in [-0.25, -0.2) is 5.84 Å². The molecule has 0 aromatic heterocycles. The first kappa shape index (κ1) is 15.1. The Morgan fingerprint density at radius 2 is 1.90 bits per heavy atom. The molecule has 1 heterocycles. The Bertz CT molecular complexity index is 443. The Morgan fingerprint density at radius 1 is 1.30 bits per heavy atom. The van der Waals surface area contributed by atoms with Gasteiger partial charge in [0.1, 0.15) is 0 Å². The summed E-state index contributed by atoms with van der Waals surface area (Å²) >= 11 is 5.90. The summed E-state index contributed by atoms with van der Waals surface area (Å²) < 4.78 is 0. The van der Waals surface area contributed by atoms with Crippen molar-refractivity contribution >= 4 is 23.2 Å². The lowest BCUT2D eigenvalue weighted by molar-refractivity contribution is -0.122. The highest BCUT2D eigenvalue weighted by Crippen LogP contribution is 2.20. The predicted molar refractivity (Wildman–Crippen MR) is 81.6 cm³/mol. The fourth-order valence-electron chi connectivity index (χ4n) is 2.53. The number of nitrogens with one attached hydrogen (secondary N) is 1. The van der Waals surface area contributed by atoms with Crippen LogP contribution < -0.4 is 16.2 Å². The highest BCUT2D eigenvalue weighted by atomic mass is 35.5. The standard InChI is InChI=1S/C14H21ClN4O/c1-11(10-14(20)17-16)18-6-8-19(9-7-18)13-4-2-12(15)3-5-13/h2-5,11H,6-10,16H2,1H3,(H,17,20). The quantitative estimate of drug-likeness (QED) is 0.498. The lowest BCUT2D eigenvalue weighted by atomic mass is 10.1. The van der Waals surface area contributed by atoms with Gasteiger partial charge in [-0.1, -0.05) is 11.6 Å². The fraction of sp³-hybridized carbons (Fsp3) is 0.500. The second-order valence-electron chi connectivity index (χ2n) is 5.12. The van der Waals surface area contributed by atoms with E-state index in [0.717, 1.165) is 31.2 Å². The molecule has 0 aliphatic carbocycles. The van der Waals surface area contributed by atoms with Crippen LogP contribution in [0.5, 0.6) is 0 Å². The number of hydrogen-bond acceptors (Lipinski definition) is 4. The van der Waals surface area contributed by atoms with Gasteiger partial charge in [-0.15, -0.1) is 0 Å². The van der Waals surface area contributed by atoms with Crippen LogP contribution in [0.2, 0.25) is 5.02 Å². The average Bonchev–Trinajstić information content (AvgIpc) is 2.48. The minimum atomic E-state index is -0.113. The maximum atomic E-state index is 11.3. The number of amides is 1. The van der Waals surface area contributed by atoms with Gasteiger partial charge in [-0.3, -0.25) is 15.1 Å². The van der Waals surface area contributed by atoms with Crippen LogP contribution in [0.15, 0.2) is 24.3 Å². The van der Waals surface area contributed by atoms with E-state index in [4.69, 9.17) is 17.4 Å². The average molecular weight is 297 g/mol. The molecule has 0 saturated carbocycles. The molecule has 110 valence electrons. The lowest BCUT2D eigenvalue weighted by Gasteiger charge is -2.39. The molecule has 6 heteroatoms. The zero-order valence-corrected chi connectivity index (χ0v) is 12.4. The van der Waals surface area contributed by atoms with Gasteiger partial charge < -0.3 is 4.90 Å². The molecule has 2 rings (SSSR count). The summed E-state index contributed by atoms with van der Waals surface area (Å²) in [5, 5.41) is 0.758. The minimum Gasteiger partial charge on any atom is -0.369 e. The number of anilines is 1. The predicted octanol–water partition coefficient (Wildman–Crippen LogP) is 1.23. The minimum absolute atomic E-state index is 0.113. The maximum absolute atomic E-state index is 11.3. The summed E-state index contributed by atoms with van der Waals surface area (Å²) in [4.78, 5) is 16.0. The Labute approximate surface area is 124 Å². The number of hydrogen-bond donors (Lipinski definition) is 2. The first-order valence-electron chi connectivity index (χ1n) is 6.84. The van der Waals surface area contributed by atoms with Crippen molar-refractivity contribution in [2.24, 2.45) is 5.84 Å². The van der Waals surface area contributed by atoms with Crippen LogP contribution in [0.1, 0.15) is 13.3 Å². The monoisotopic (exact) mass is 296 g/mol. The molecule has 1 unspecified atom stereocenters. The van der Waals surface area contributed by atoms with E-state index in [1.807, 2.05) is 24.3 Å². The first-order valence-corrected chi connectivity index (χ1v) is 7.22. The molecule has 20 heavy (non-hydrogen) atoms. The topological polar surface area (TPSA) is 61.6 Å². The van der Waals surface area contributed by atoms with Crippen molar-refractivity contribution in [3.63, 3.8) is 0 Å². The van der Waals surface area contributed by atoms with Crippen LogP contribution in [-0.2, 0) is 4.79 Å². The zero-order chi connectivity index (χ0) is 14.5. The molecule has 0 bridgehead atoms. The van der Waals surface area contributed by atoms with Crippen molar-refractivity contribution in [2.45, 2.75) is 19.4 Å². The number of nitrogens with two attached hydrogens (primary N) is 1. The number of carbonyl (C=O) groups excluding carboxylic acids is 1. The van der Waals surface area contributed by atoms with Crippen LogP contribution in [0.4, 0.5) is 5.69 Å². The summed E-state index contributed by atoms with van der Waals surface area (Å²) in [5.74, 6) is 5.01. The molecule has 0 radical (unpaired) electrons. The Morgan fingerprint density at radius 3 is 2.45 bits per heavy atom. The number of hydrazine groups is 1. The summed E-state index contributed by atoms with van der Waals surface area (Å²) in [5.41, 5.74) is 3.38. The Kier molecular flexibility index (Phi) is 5.23. The van der Waals surface area contributed by atoms with E-state index in [1.165, 1.54) is 5.69 Å². The highest BCUT2D eigenvalue weighted by Gasteiger charge is 2.22. The maximum Gasteiger partial charge on any atom is 0.235 e. The van der Waals surface area contributed by atoms with Gasteiger partial charge in [0.05, 0.1) is 0 Å². The van der Waals surface area contributed by atoms with Crippen molar-refractivity contribution in [3.05, 3.63) is 29.3 Å². The van der Waals surface area contributed by atoms with Gasteiger partial charge in [-0.2, -0.15) is 0 Å². The molecule has 1 atom stereocenters. The molecule has 1 aromatic rings. The highest BCUT2D eigenvalue weighted by molar-refractivity contribution is 6.30. The largest absolute Gasteiger partial charge is 0.369 e. The Hall–Kier alpha value is -1.30. The fourth-order valence-corrected chi connectivity index (χ4v) is 2.66. The number of halogens is 1. The second-order valence-corrected chi connectivity index (χ2v) is 5.56. The molecule has 1 aliphatic rings. The van der Waals surface area contributed by atoms with Crippen LogP contribution >= 0.6 is 11.6 Å². The SMILES string of the molecule is CC(CC(=O)NN)N1CCN(c2ccc(Cl)cc2)CC1. The van der Waals surface area contributed by atoms with E-state index in [9.17, 15) is 4.79 Å². The van der Waals surface area contributed by atoms with Crippen LogP contribution in [0.25, 0.3) is 0 Å². The van der Waals surface area contributed by atoms with Crippen molar-refractivity contribution < 1.29 is 4.79 Å². The van der Waals surface area contributed by atoms with Gasteiger partial charge in [0.15, 0.2) is 0 Å². The Balaban J connectivity index is 1.85. The van der Waals surface area contributed by atoms with Crippen molar-refractivity contribution in [1.29, 1.82) is 0 Å². The van der Waals surface area contributed by atoms with Gasteiger partial charge in [-0.05, 0) is 31.2 Å². The van der Waals surface area contributed by atoms with E-state index in [1.54, 1.807) is 0 Å². The number of nitrogens with zero attached hydrogens (tertiary/aromatic N) is 2. The zero-order valence-electron chi connectivity index (χ0n) is 11.7. The first-order chi connectivity index (χ1) is 9.60. The van der Waals surface area contributed by atoms with E-state index in [2.05, 4.69) is 22.1 Å². The second kappa shape index (κ2) is 6.92. The van der Waals surface area contributed by atoms with Crippen molar-refractivity contribution in [3.8, 4) is 0 Å². The number of rotatable bonds is 4. The van der Waals surface area contributed by atoms with Crippen LogP contribution in [0.3, 0.4) is 0 Å². The van der Waals surface area contributed by atoms with Gasteiger partial charge in [0.2, 0.25) is 5.91 Å². The third-order valence-electron chi connectivity index (χ3n) is 3.77. The molecular weight excluding hydrogens is 276 g/mol. The smallest absolute Gasteiger partial charge is 0.235 e. The molecule has 1 fully saturated rings. The molecule has 1 amide bonds.